The summed E-state index contributed by atoms with van der Waals surface area (Å²) in [6, 6.07) is 71.4. The number of nitrogens with zero attached hydrogens (tertiary/aromatic N) is 1. The van der Waals surface area contributed by atoms with E-state index in [-0.39, 0.29) is 5.41 Å². The van der Waals surface area contributed by atoms with Crippen molar-refractivity contribution >= 4 is 69.7 Å². The summed E-state index contributed by atoms with van der Waals surface area (Å²) in [5.74, 6) is 3.62. The number of anilines is 3. The van der Waals surface area contributed by atoms with Crippen LogP contribution >= 0.6 is 7.92 Å². The molecular formula is C51H38NO2PSi. The van der Waals surface area contributed by atoms with Crippen LogP contribution in [0.5, 0.6) is 23.0 Å². The molecule has 0 fully saturated rings. The Balaban J connectivity index is 1.17. The van der Waals surface area contributed by atoms with Gasteiger partial charge < -0.3 is 14.4 Å². The van der Waals surface area contributed by atoms with E-state index >= 15 is 0 Å². The molecule has 0 N–H and O–H groups in total. The molecule has 0 bridgehead atoms. The highest BCUT2D eigenvalue weighted by atomic mass is 31.1. The zero-order valence-corrected chi connectivity index (χ0v) is 33.1. The van der Waals surface area contributed by atoms with Crippen molar-refractivity contribution in [1.82, 2.24) is 0 Å². The smallest absolute Gasteiger partial charge is 0.181 e. The minimum atomic E-state index is -2.85. The molecule has 56 heavy (non-hydrogen) atoms. The number of fused-ring (bicyclic) bond motifs is 6. The lowest BCUT2D eigenvalue weighted by atomic mass is 9.76. The first-order valence-corrected chi connectivity index (χ1v) is 22.6. The Kier molecular flexibility index (Phi) is 7.51. The number of ether oxygens (including phenoxy) is 2. The second-order valence-corrected chi connectivity index (χ2v) is 21.2. The number of para-hydroxylation sites is 5. The number of hydrogen-bond donors (Lipinski definition) is 0. The third-order valence-electron chi connectivity index (χ3n) is 12.0. The van der Waals surface area contributed by atoms with E-state index < -0.39 is 16.0 Å². The molecule has 0 saturated carbocycles. The molecule has 11 rings (SSSR count). The predicted molar refractivity (Wildman–Crippen MR) is 236 cm³/mol. The molecule has 0 amide bonds. The first-order valence-electron chi connectivity index (χ1n) is 19.3. The standard InChI is InChI=1S/C51H38NO2PSi/c1-51(2)39-21-9-12-24-43(39)53-46-34-50-48(33-40(46)51)55(47-27-15-16-28-49(47)56(50,37-17-5-3-6-18-37)38-19-7-4-8-20-38)36-31-29-35(30-32-36)52-41-22-10-13-25-44(41)54-45-26-14-11-23-42(45)52/h3-34H,1-2H3. The van der Waals surface area contributed by atoms with Gasteiger partial charge in [-0.25, -0.2) is 0 Å². The van der Waals surface area contributed by atoms with Gasteiger partial charge in [0.1, 0.15) is 11.5 Å². The number of benzene rings is 8. The Morgan fingerprint density at radius 1 is 0.446 bits per heavy atom. The van der Waals surface area contributed by atoms with E-state index in [4.69, 9.17) is 9.47 Å². The van der Waals surface area contributed by atoms with Crippen LogP contribution in [0, 0.1) is 0 Å². The van der Waals surface area contributed by atoms with Gasteiger partial charge in [-0.3, -0.25) is 0 Å². The minimum absolute atomic E-state index is 0.248. The van der Waals surface area contributed by atoms with Gasteiger partial charge in [0.25, 0.3) is 0 Å². The van der Waals surface area contributed by atoms with Gasteiger partial charge in [0.2, 0.25) is 0 Å². The first kappa shape index (κ1) is 33.2. The van der Waals surface area contributed by atoms with Crippen molar-refractivity contribution in [2.45, 2.75) is 19.3 Å². The van der Waals surface area contributed by atoms with Gasteiger partial charge in [-0.2, -0.15) is 0 Å². The van der Waals surface area contributed by atoms with E-state index in [0.717, 1.165) is 40.1 Å². The highest BCUT2D eigenvalue weighted by Gasteiger charge is 2.50. The fourth-order valence-electron chi connectivity index (χ4n) is 9.40. The van der Waals surface area contributed by atoms with Gasteiger partial charge in [0.05, 0.1) is 11.4 Å². The molecule has 0 spiro atoms. The van der Waals surface area contributed by atoms with Crippen LogP contribution in [0.2, 0.25) is 0 Å². The molecule has 8 aromatic carbocycles. The van der Waals surface area contributed by atoms with Crippen molar-refractivity contribution in [3.05, 3.63) is 205 Å². The zero-order chi connectivity index (χ0) is 37.4. The molecule has 3 nitrogen and oxygen atoms in total. The molecule has 0 radical (unpaired) electrons. The summed E-state index contributed by atoms with van der Waals surface area (Å²) in [4.78, 5) is 2.32. The summed E-state index contributed by atoms with van der Waals surface area (Å²) in [7, 11) is -3.81. The fraction of sp³-hybridized carbons (Fsp3) is 0.0588. The average molecular weight is 756 g/mol. The van der Waals surface area contributed by atoms with Gasteiger partial charge in [-0.05, 0) is 99.2 Å². The van der Waals surface area contributed by atoms with Gasteiger partial charge in [0.15, 0.2) is 19.6 Å². The lowest BCUT2D eigenvalue weighted by molar-refractivity contribution is 0.418. The zero-order valence-electron chi connectivity index (χ0n) is 31.2. The summed E-state index contributed by atoms with van der Waals surface area (Å²) in [6.07, 6.45) is 0. The third-order valence-corrected chi connectivity index (χ3v) is 19.8. The summed E-state index contributed by atoms with van der Waals surface area (Å²) in [6.45, 7) is 4.70. The van der Waals surface area contributed by atoms with Crippen LogP contribution in [0.1, 0.15) is 25.0 Å². The van der Waals surface area contributed by atoms with Crippen LogP contribution in [0.25, 0.3) is 0 Å². The first-order chi connectivity index (χ1) is 27.5. The van der Waals surface area contributed by atoms with E-state index in [1.807, 2.05) is 24.3 Å². The van der Waals surface area contributed by atoms with E-state index in [9.17, 15) is 0 Å². The second kappa shape index (κ2) is 12.7. The molecule has 3 aliphatic heterocycles. The van der Waals surface area contributed by atoms with Crippen LogP contribution in [0.4, 0.5) is 17.1 Å². The summed E-state index contributed by atoms with van der Waals surface area (Å²) >= 11 is 0. The predicted octanol–water partition coefficient (Wildman–Crippen LogP) is 9.14. The molecule has 0 saturated heterocycles. The Labute approximate surface area is 330 Å². The van der Waals surface area contributed by atoms with Gasteiger partial charge in [-0.15, -0.1) is 0 Å². The molecule has 1 atom stereocenters. The van der Waals surface area contributed by atoms with Crippen LogP contribution < -0.4 is 51.0 Å². The van der Waals surface area contributed by atoms with Crippen molar-refractivity contribution in [1.29, 1.82) is 0 Å². The number of rotatable bonds is 4. The van der Waals surface area contributed by atoms with E-state index in [1.54, 1.807) is 0 Å². The average Bonchev–Trinajstić information content (AvgIpc) is 3.25. The van der Waals surface area contributed by atoms with Crippen LogP contribution in [0.3, 0.4) is 0 Å². The maximum atomic E-state index is 6.93. The molecule has 1 unspecified atom stereocenters. The summed E-state index contributed by atoms with van der Waals surface area (Å²) < 4.78 is 13.3. The van der Waals surface area contributed by atoms with Crippen LogP contribution in [-0.2, 0) is 5.41 Å². The molecule has 8 aromatic rings. The molecular weight excluding hydrogens is 718 g/mol. The van der Waals surface area contributed by atoms with Crippen molar-refractivity contribution in [2.24, 2.45) is 0 Å². The molecule has 0 aliphatic carbocycles. The topological polar surface area (TPSA) is 21.7 Å². The Hall–Kier alpha value is -6.19. The largest absolute Gasteiger partial charge is 0.457 e. The van der Waals surface area contributed by atoms with Crippen molar-refractivity contribution in [3.8, 4) is 23.0 Å². The molecule has 3 aliphatic rings. The molecule has 268 valence electrons. The highest BCUT2D eigenvalue weighted by Crippen LogP contribution is 2.51. The van der Waals surface area contributed by atoms with E-state index in [1.165, 1.54) is 47.8 Å². The minimum Gasteiger partial charge on any atom is -0.457 e. The Bertz CT molecular complexity index is 2720. The maximum absolute atomic E-state index is 6.93. The quantitative estimate of drug-likeness (QED) is 0.132. The van der Waals surface area contributed by atoms with Crippen LogP contribution in [0.15, 0.2) is 194 Å². The summed E-state index contributed by atoms with van der Waals surface area (Å²) in [5.41, 5.74) is 5.39. The maximum Gasteiger partial charge on any atom is 0.181 e. The SMILES string of the molecule is CC1(C)c2ccccc2Oc2cc3c(cc21)P(c1ccc(N2c4ccccc4Oc4ccccc42)cc1)c1ccccc1[Si]3(c1ccccc1)c1ccccc1. The van der Waals surface area contributed by atoms with Gasteiger partial charge in [-0.1, -0.05) is 153 Å². The monoisotopic (exact) mass is 755 g/mol. The Morgan fingerprint density at radius 2 is 0.982 bits per heavy atom. The van der Waals surface area contributed by atoms with Gasteiger partial charge in [0, 0.05) is 22.2 Å². The number of hydrogen-bond acceptors (Lipinski definition) is 3. The second-order valence-electron chi connectivity index (χ2n) is 15.3. The van der Waals surface area contributed by atoms with E-state index in [0.29, 0.717) is 0 Å². The van der Waals surface area contributed by atoms with Crippen LogP contribution in [-0.4, -0.2) is 8.07 Å². The fourth-order valence-corrected chi connectivity index (χ4v) is 18.3. The van der Waals surface area contributed by atoms with E-state index in [2.05, 4.69) is 189 Å². The summed E-state index contributed by atoms with van der Waals surface area (Å²) in [5, 5.41) is 9.79. The molecule has 0 aromatic heterocycles. The Morgan fingerprint density at radius 3 is 1.64 bits per heavy atom. The molecule has 5 heteroatoms. The lowest BCUT2D eigenvalue weighted by Crippen LogP contribution is -2.81. The molecule has 3 heterocycles. The normalized spacial score (nSPS) is 16.4. The lowest BCUT2D eigenvalue weighted by Gasteiger charge is -2.45. The highest BCUT2D eigenvalue weighted by molar-refractivity contribution is 7.81. The van der Waals surface area contributed by atoms with Gasteiger partial charge >= 0.3 is 0 Å². The van der Waals surface area contributed by atoms with Crippen molar-refractivity contribution < 1.29 is 9.47 Å². The van der Waals surface area contributed by atoms with Crippen molar-refractivity contribution in [2.75, 3.05) is 4.90 Å². The third kappa shape index (κ3) is 4.79. The van der Waals surface area contributed by atoms with Crippen molar-refractivity contribution in [3.63, 3.8) is 0 Å².